The zero-order valence-corrected chi connectivity index (χ0v) is 17.3. The zero-order valence-electron chi connectivity index (χ0n) is 17.3. The molecular formula is C23H38O4. The van der Waals surface area contributed by atoms with Crippen LogP contribution in [0.25, 0.3) is 0 Å². The molecule has 1 heterocycles. The van der Waals surface area contributed by atoms with Gasteiger partial charge in [0.15, 0.2) is 5.79 Å². The van der Waals surface area contributed by atoms with E-state index < -0.39 is 5.79 Å². The molecule has 4 saturated carbocycles. The molecule has 9 atom stereocenters. The van der Waals surface area contributed by atoms with Crippen LogP contribution in [-0.2, 0) is 9.47 Å². The van der Waals surface area contributed by atoms with E-state index in [1.165, 1.54) is 19.3 Å². The normalized spacial score (nSPS) is 57.0. The summed E-state index contributed by atoms with van der Waals surface area (Å²) in [6.45, 7) is 8.39. The molecule has 0 radical (unpaired) electrons. The number of fused-ring (bicyclic) bond motifs is 5. The highest BCUT2D eigenvalue weighted by Crippen LogP contribution is 2.69. The van der Waals surface area contributed by atoms with Crippen molar-refractivity contribution in [3.8, 4) is 0 Å². The van der Waals surface area contributed by atoms with E-state index in [1.807, 2.05) is 0 Å². The summed E-state index contributed by atoms with van der Waals surface area (Å²) in [5, 5.41) is 21.7. The second-order valence-electron chi connectivity index (χ2n) is 11.1. The molecule has 0 bridgehead atoms. The number of rotatable bonds is 1. The Morgan fingerprint density at radius 1 is 0.852 bits per heavy atom. The van der Waals surface area contributed by atoms with Gasteiger partial charge in [-0.05, 0) is 92.8 Å². The average Bonchev–Trinajstić information content (AvgIpc) is 3.19. The number of hydrogen-bond acceptors (Lipinski definition) is 4. The first-order valence-corrected chi connectivity index (χ1v) is 11.4. The highest BCUT2D eigenvalue weighted by molar-refractivity contribution is 5.13. The maximum Gasteiger partial charge on any atom is 0.169 e. The van der Waals surface area contributed by atoms with Crippen molar-refractivity contribution in [1.29, 1.82) is 0 Å². The lowest BCUT2D eigenvalue weighted by Crippen LogP contribution is -2.60. The van der Waals surface area contributed by atoms with Crippen LogP contribution in [0.3, 0.4) is 0 Å². The summed E-state index contributed by atoms with van der Waals surface area (Å²) in [7, 11) is 0. The summed E-state index contributed by atoms with van der Waals surface area (Å²) in [6.07, 6.45) is 8.31. The van der Waals surface area contributed by atoms with Crippen LogP contribution in [0.1, 0.15) is 72.1 Å². The molecule has 1 saturated heterocycles. The molecule has 0 spiro atoms. The molecule has 0 unspecified atom stereocenters. The summed E-state index contributed by atoms with van der Waals surface area (Å²) < 4.78 is 12.2. The Kier molecular flexibility index (Phi) is 4.30. The first kappa shape index (κ1) is 18.8. The molecule has 5 rings (SSSR count). The Bertz CT molecular complexity index is 587. The van der Waals surface area contributed by atoms with Crippen molar-refractivity contribution in [2.45, 2.75) is 90.1 Å². The van der Waals surface area contributed by atoms with Crippen molar-refractivity contribution in [3.05, 3.63) is 0 Å². The quantitative estimate of drug-likeness (QED) is 0.730. The molecule has 4 heteroatoms. The van der Waals surface area contributed by atoms with E-state index in [2.05, 4.69) is 20.8 Å². The summed E-state index contributed by atoms with van der Waals surface area (Å²) in [5.41, 5.74) is 0.308. The van der Waals surface area contributed by atoms with Crippen molar-refractivity contribution in [3.63, 3.8) is 0 Å². The van der Waals surface area contributed by atoms with Crippen LogP contribution in [0, 0.1) is 40.4 Å². The van der Waals surface area contributed by atoms with Gasteiger partial charge in [-0.2, -0.15) is 0 Å². The standard InChI is InChI=1S/C23H38O4/c1-21-9-8-15(24)12-14(21)4-5-16-17-6-7-19(23(3)26-10-11-27-23)22(17,2)13-18(25)20(16)21/h14-20,24-25H,4-13H2,1-3H3/t14-,15-,16+,17-,18-,19-,20+,21+,22+/m1/s1. The van der Waals surface area contributed by atoms with E-state index in [9.17, 15) is 10.2 Å². The Morgan fingerprint density at radius 2 is 1.59 bits per heavy atom. The van der Waals surface area contributed by atoms with Crippen LogP contribution in [0.4, 0.5) is 0 Å². The van der Waals surface area contributed by atoms with Crippen LogP contribution < -0.4 is 0 Å². The minimum Gasteiger partial charge on any atom is -0.393 e. The van der Waals surface area contributed by atoms with E-state index >= 15 is 0 Å². The molecular weight excluding hydrogens is 340 g/mol. The summed E-state index contributed by atoms with van der Waals surface area (Å²) >= 11 is 0. The van der Waals surface area contributed by atoms with Crippen molar-refractivity contribution >= 4 is 0 Å². The van der Waals surface area contributed by atoms with Crippen molar-refractivity contribution in [1.82, 2.24) is 0 Å². The lowest BCUT2D eigenvalue weighted by molar-refractivity contribution is -0.232. The zero-order chi connectivity index (χ0) is 19.0. The van der Waals surface area contributed by atoms with E-state index in [4.69, 9.17) is 9.47 Å². The molecule has 4 aliphatic carbocycles. The van der Waals surface area contributed by atoms with Gasteiger partial charge < -0.3 is 19.7 Å². The third-order valence-electron chi connectivity index (χ3n) is 10.1. The molecule has 0 aromatic heterocycles. The monoisotopic (exact) mass is 378 g/mol. The van der Waals surface area contributed by atoms with Crippen molar-refractivity contribution in [2.75, 3.05) is 13.2 Å². The van der Waals surface area contributed by atoms with Crippen LogP contribution >= 0.6 is 0 Å². The second kappa shape index (κ2) is 6.17. The fourth-order valence-electron chi connectivity index (χ4n) is 8.95. The fourth-order valence-corrected chi connectivity index (χ4v) is 8.95. The summed E-state index contributed by atoms with van der Waals surface area (Å²) in [5.74, 6) is 2.19. The molecule has 5 fully saturated rings. The predicted molar refractivity (Wildman–Crippen MR) is 103 cm³/mol. The maximum absolute atomic E-state index is 11.5. The van der Waals surface area contributed by atoms with Gasteiger partial charge in [0.25, 0.3) is 0 Å². The lowest BCUT2D eigenvalue weighted by atomic mass is 9.43. The van der Waals surface area contributed by atoms with Gasteiger partial charge in [0.05, 0.1) is 25.4 Å². The van der Waals surface area contributed by atoms with E-state index in [1.54, 1.807) is 0 Å². The molecule has 5 aliphatic rings. The van der Waals surface area contributed by atoms with Crippen LogP contribution in [0.5, 0.6) is 0 Å². The third-order valence-corrected chi connectivity index (χ3v) is 10.1. The number of aliphatic hydroxyl groups excluding tert-OH is 2. The van der Waals surface area contributed by atoms with Gasteiger partial charge in [-0.1, -0.05) is 13.8 Å². The fraction of sp³-hybridized carbons (Fsp3) is 1.00. The van der Waals surface area contributed by atoms with Crippen molar-refractivity contribution < 1.29 is 19.7 Å². The average molecular weight is 379 g/mol. The van der Waals surface area contributed by atoms with Gasteiger partial charge in [-0.15, -0.1) is 0 Å². The Labute approximate surface area is 164 Å². The van der Waals surface area contributed by atoms with Gasteiger partial charge >= 0.3 is 0 Å². The summed E-state index contributed by atoms with van der Waals surface area (Å²) in [6, 6.07) is 0. The van der Waals surface area contributed by atoms with E-state index in [-0.39, 0.29) is 23.0 Å². The molecule has 0 amide bonds. The topological polar surface area (TPSA) is 58.9 Å². The first-order valence-electron chi connectivity index (χ1n) is 11.4. The Hall–Kier alpha value is -0.160. The molecule has 0 aromatic carbocycles. The van der Waals surface area contributed by atoms with Gasteiger partial charge in [-0.3, -0.25) is 0 Å². The Morgan fingerprint density at radius 3 is 2.33 bits per heavy atom. The smallest absolute Gasteiger partial charge is 0.169 e. The van der Waals surface area contributed by atoms with Gasteiger partial charge in [0.2, 0.25) is 0 Å². The highest BCUT2D eigenvalue weighted by Gasteiger charge is 2.66. The molecule has 0 aromatic rings. The van der Waals surface area contributed by atoms with Gasteiger partial charge in [-0.25, -0.2) is 0 Å². The van der Waals surface area contributed by atoms with Crippen LogP contribution in [-0.4, -0.2) is 41.4 Å². The van der Waals surface area contributed by atoms with Gasteiger partial charge in [0, 0.05) is 5.92 Å². The SMILES string of the molecule is CC1([C@@H]2CC[C@@H]3[C@@H]4CC[C@@H]5C[C@H](O)CC[C@]5(C)[C@@H]4[C@H](O)C[C@@]32C)OCCO1. The maximum atomic E-state index is 11.5. The molecule has 4 nitrogen and oxygen atoms in total. The minimum atomic E-state index is -0.466. The highest BCUT2D eigenvalue weighted by atomic mass is 16.7. The number of aliphatic hydroxyl groups is 2. The molecule has 154 valence electrons. The first-order chi connectivity index (χ1) is 12.8. The summed E-state index contributed by atoms with van der Waals surface area (Å²) in [4.78, 5) is 0. The third kappa shape index (κ3) is 2.55. The van der Waals surface area contributed by atoms with Gasteiger partial charge in [0.1, 0.15) is 0 Å². The predicted octanol–water partition coefficient (Wildman–Crippen LogP) is 3.74. The van der Waals surface area contributed by atoms with E-state index in [0.29, 0.717) is 42.8 Å². The van der Waals surface area contributed by atoms with E-state index in [0.717, 1.165) is 32.1 Å². The molecule has 2 N–H and O–H groups in total. The molecule has 1 aliphatic heterocycles. The Balaban J connectivity index is 1.46. The molecule has 27 heavy (non-hydrogen) atoms. The minimum absolute atomic E-state index is 0.108. The number of ether oxygens (including phenoxy) is 2. The second-order valence-corrected chi connectivity index (χ2v) is 11.1. The largest absolute Gasteiger partial charge is 0.393 e. The van der Waals surface area contributed by atoms with Crippen LogP contribution in [0.2, 0.25) is 0 Å². The van der Waals surface area contributed by atoms with Crippen molar-refractivity contribution in [2.24, 2.45) is 40.4 Å². The number of hydrogen-bond donors (Lipinski definition) is 2. The lowest BCUT2D eigenvalue weighted by Gasteiger charge is -2.62. The van der Waals surface area contributed by atoms with Crippen LogP contribution in [0.15, 0.2) is 0 Å².